The molecule has 0 radical (unpaired) electrons. The molecule has 3 heterocycles. The van der Waals surface area contributed by atoms with Gasteiger partial charge in [-0.1, -0.05) is 18.2 Å². The van der Waals surface area contributed by atoms with E-state index in [1.807, 2.05) is 42.6 Å². The molecule has 0 spiro atoms. The van der Waals surface area contributed by atoms with Crippen molar-refractivity contribution in [2.75, 3.05) is 39.4 Å². The van der Waals surface area contributed by atoms with Crippen LogP contribution in [0.5, 0.6) is 0 Å². The van der Waals surface area contributed by atoms with Gasteiger partial charge < -0.3 is 24.8 Å². The lowest BCUT2D eigenvalue weighted by Gasteiger charge is -2.33. The molecule has 8 nitrogen and oxygen atoms in total. The summed E-state index contributed by atoms with van der Waals surface area (Å²) in [4.78, 5) is 29.9. The smallest absolute Gasteiger partial charge is 0.309 e. The largest absolute Gasteiger partial charge is 0.468 e. The van der Waals surface area contributed by atoms with Gasteiger partial charge in [0.2, 0.25) is 0 Å². The molecule has 0 saturated carbocycles. The van der Waals surface area contributed by atoms with Gasteiger partial charge in [-0.25, -0.2) is 0 Å². The highest BCUT2D eigenvalue weighted by atomic mass is 16.5. The van der Waals surface area contributed by atoms with Gasteiger partial charge in [0.1, 0.15) is 5.76 Å². The highest BCUT2D eigenvalue weighted by Crippen LogP contribution is 2.21. The maximum atomic E-state index is 12.3. The van der Waals surface area contributed by atoms with Crippen molar-refractivity contribution < 1.29 is 18.7 Å². The average molecular weight is 410 g/mol. The maximum Gasteiger partial charge on any atom is 0.309 e. The third kappa shape index (κ3) is 4.72. The molecular weight excluding hydrogens is 384 g/mol. The van der Waals surface area contributed by atoms with Crippen LogP contribution in [0.1, 0.15) is 17.4 Å². The fourth-order valence-electron chi connectivity index (χ4n) is 3.78. The van der Waals surface area contributed by atoms with Crippen molar-refractivity contribution in [2.24, 2.45) is 0 Å². The lowest BCUT2D eigenvalue weighted by atomic mass is 10.1. The van der Waals surface area contributed by atoms with Crippen molar-refractivity contribution in [3.63, 3.8) is 0 Å². The van der Waals surface area contributed by atoms with E-state index >= 15 is 0 Å². The number of hydrogen-bond donors (Lipinski definition) is 3. The van der Waals surface area contributed by atoms with Crippen LogP contribution in [0.2, 0.25) is 0 Å². The second-order valence-electron chi connectivity index (χ2n) is 7.25. The molecule has 1 aliphatic rings. The van der Waals surface area contributed by atoms with E-state index in [1.165, 1.54) is 0 Å². The summed E-state index contributed by atoms with van der Waals surface area (Å²) in [5, 5.41) is 6.57. The van der Waals surface area contributed by atoms with E-state index in [4.69, 9.17) is 9.15 Å². The van der Waals surface area contributed by atoms with E-state index in [0.29, 0.717) is 32.7 Å². The summed E-state index contributed by atoms with van der Waals surface area (Å²) in [5.74, 6) is -0.509. The zero-order valence-corrected chi connectivity index (χ0v) is 16.7. The third-order valence-electron chi connectivity index (χ3n) is 5.38. The Morgan fingerprint density at radius 2 is 1.87 bits per heavy atom. The van der Waals surface area contributed by atoms with Gasteiger partial charge in [-0.3, -0.25) is 14.5 Å². The zero-order chi connectivity index (χ0) is 20.8. The Bertz CT molecular complexity index is 976. The van der Waals surface area contributed by atoms with Crippen LogP contribution in [0.15, 0.2) is 53.3 Å². The quantitative estimate of drug-likeness (QED) is 0.514. The number of ether oxygens (including phenoxy) is 1. The number of para-hydroxylation sites is 1. The number of aromatic nitrogens is 1. The number of hydrogen-bond acceptors (Lipinski definition) is 5. The van der Waals surface area contributed by atoms with Gasteiger partial charge >= 0.3 is 11.8 Å². The maximum absolute atomic E-state index is 12.3. The molecule has 1 saturated heterocycles. The number of fused-ring (bicyclic) bond motifs is 1. The van der Waals surface area contributed by atoms with Gasteiger partial charge in [-0.15, -0.1) is 0 Å². The van der Waals surface area contributed by atoms with E-state index in [1.54, 1.807) is 6.26 Å². The molecule has 0 bridgehead atoms. The molecule has 0 aliphatic carbocycles. The van der Waals surface area contributed by atoms with Crippen LogP contribution >= 0.6 is 0 Å². The lowest BCUT2D eigenvalue weighted by molar-refractivity contribution is -0.139. The summed E-state index contributed by atoms with van der Waals surface area (Å²) in [6.07, 6.45) is 4.20. The van der Waals surface area contributed by atoms with Crippen LogP contribution in [0.25, 0.3) is 10.9 Å². The summed E-state index contributed by atoms with van der Waals surface area (Å²) in [5.41, 5.74) is 2.17. The fraction of sp³-hybridized carbons (Fsp3) is 0.364. The number of morpholine rings is 1. The second kappa shape index (κ2) is 9.60. The molecule has 1 fully saturated rings. The number of aromatic amines is 1. The minimum absolute atomic E-state index is 0.133. The van der Waals surface area contributed by atoms with Crippen molar-refractivity contribution in [3.8, 4) is 0 Å². The molecule has 1 atom stereocenters. The number of rotatable bonds is 7. The normalized spacial score (nSPS) is 15.7. The first-order valence-electron chi connectivity index (χ1n) is 10.2. The highest BCUT2D eigenvalue weighted by Gasteiger charge is 2.26. The molecule has 0 unspecified atom stereocenters. The predicted molar refractivity (Wildman–Crippen MR) is 112 cm³/mol. The topological polar surface area (TPSA) is 99.6 Å². The molecule has 4 rings (SSSR count). The molecule has 3 aromatic rings. The fourth-order valence-corrected chi connectivity index (χ4v) is 3.78. The van der Waals surface area contributed by atoms with E-state index in [0.717, 1.165) is 35.3 Å². The van der Waals surface area contributed by atoms with Gasteiger partial charge in [0, 0.05) is 43.3 Å². The van der Waals surface area contributed by atoms with Crippen LogP contribution in [0, 0.1) is 0 Å². The minimum Gasteiger partial charge on any atom is -0.468 e. The number of amides is 2. The molecule has 30 heavy (non-hydrogen) atoms. The van der Waals surface area contributed by atoms with Gasteiger partial charge in [0.05, 0.1) is 25.5 Å². The number of H-pyrrole nitrogens is 1. The van der Waals surface area contributed by atoms with Crippen molar-refractivity contribution in [3.05, 3.63) is 60.2 Å². The van der Waals surface area contributed by atoms with E-state index in [-0.39, 0.29) is 6.04 Å². The molecule has 3 N–H and O–H groups in total. The predicted octanol–water partition coefficient (Wildman–Crippen LogP) is 1.61. The summed E-state index contributed by atoms with van der Waals surface area (Å²) >= 11 is 0. The van der Waals surface area contributed by atoms with Gasteiger partial charge in [-0.05, 0) is 30.2 Å². The van der Waals surface area contributed by atoms with Gasteiger partial charge in [0.25, 0.3) is 0 Å². The number of benzene rings is 1. The second-order valence-corrected chi connectivity index (χ2v) is 7.25. The zero-order valence-electron chi connectivity index (χ0n) is 16.7. The Kier molecular flexibility index (Phi) is 6.46. The van der Waals surface area contributed by atoms with Gasteiger partial charge in [0.15, 0.2) is 0 Å². The van der Waals surface area contributed by atoms with Crippen LogP contribution in [0.4, 0.5) is 0 Å². The summed E-state index contributed by atoms with van der Waals surface area (Å²) in [6, 6.07) is 11.6. The van der Waals surface area contributed by atoms with Gasteiger partial charge in [-0.2, -0.15) is 0 Å². The summed E-state index contributed by atoms with van der Waals surface area (Å²) in [7, 11) is 0. The first-order chi connectivity index (χ1) is 14.7. The monoisotopic (exact) mass is 410 g/mol. The van der Waals surface area contributed by atoms with Crippen molar-refractivity contribution in [1.29, 1.82) is 0 Å². The lowest BCUT2D eigenvalue weighted by Crippen LogP contribution is -2.46. The molecule has 158 valence electrons. The standard InChI is InChI=1S/C22H26N4O4/c27-21(23-8-7-16-14-24-18-5-2-1-4-17(16)18)22(28)25-15-19(20-6-3-11-30-20)26-9-12-29-13-10-26/h1-6,11,14,19,24H,7-10,12-13,15H2,(H,23,27)(H,25,28)/t19-/m1/s1. The van der Waals surface area contributed by atoms with Crippen molar-refractivity contribution in [2.45, 2.75) is 12.5 Å². The minimum atomic E-state index is -0.640. The van der Waals surface area contributed by atoms with E-state index < -0.39 is 11.8 Å². The van der Waals surface area contributed by atoms with Crippen molar-refractivity contribution in [1.82, 2.24) is 20.5 Å². The number of carbonyl (C=O) groups is 2. The van der Waals surface area contributed by atoms with E-state index in [2.05, 4.69) is 20.5 Å². The van der Waals surface area contributed by atoms with E-state index in [9.17, 15) is 9.59 Å². The van der Waals surface area contributed by atoms with Crippen LogP contribution in [0.3, 0.4) is 0 Å². The molecule has 8 heteroatoms. The Hall–Kier alpha value is -3.10. The van der Waals surface area contributed by atoms with Crippen LogP contribution in [-0.4, -0.2) is 61.1 Å². The Balaban J connectivity index is 1.27. The third-order valence-corrected chi connectivity index (χ3v) is 5.38. The number of nitrogens with one attached hydrogen (secondary N) is 3. The first kappa shape index (κ1) is 20.2. The Morgan fingerprint density at radius 3 is 2.67 bits per heavy atom. The number of carbonyl (C=O) groups excluding carboxylic acids is 2. The van der Waals surface area contributed by atoms with Crippen LogP contribution < -0.4 is 10.6 Å². The molecule has 1 aliphatic heterocycles. The summed E-state index contributed by atoms with van der Waals surface area (Å²) in [6.45, 7) is 3.45. The average Bonchev–Trinajstić information content (AvgIpc) is 3.45. The number of furan rings is 1. The van der Waals surface area contributed by atoms with Crippen LogP contribution in [-0.2, 0) is 20.7 Å². The molecular formula is C22H26N4O4. The number of nitrogens with zero attached hydrogens (tertiary/aromatic N) is 1. The Morgan fingerprint density at radius 1 is 1.07 bits per heavy atom. The summed E-state index contributed by atoms with van der Waals surface area (Å²) < 4.78 is 11.0. The van der Waals surface area contributed by atoms with Crippen molar-refractivity contribution >= 4 is 22.7 Å². The molecule has 2 amide bonds. The molecule has 1 aromatic carbocycles. The molecule has 2 aromatic heterocycles. The highest BCUT2D eigenvalue weighted by molar-refractivity contribution is 6.35. The Labute approximate surface area is 174 Å². The first-order valence-corrected chi connectivity index (χ1v) is 10.2. The SMILES string of the molecule is O=C(NCCc1c[nH]c2ccccc12)C(=O)NC[C@H](c1ccco1)N1CCOCC1.